The molecule has 0 amide bonds. The Hall–Kier alpha value is -1.56. The number of hydrogen-bond acceptors (Lipinski definition) is 3. The van der Waals surface area contributed by atoms with Crippen molar-refractivity contribution in [2.75, 3.05) is 12.0 Å². The fraction of sp³-hybridized carbons (Fsp3) is 0.571. The summed E-state index contributed by atoms with van der Waals surface area (Å²) in [6.45, 7) is 7.58. The summed E-state index contributed by atoms with van der Waals surface area (Å²) >= 11 is 0. The summed E-state index contributed by atoms with van der Waals surface area (Å²) in [5, 5.41) is 12.1. The normalized spacial score (nSPS) is 10.5. The molecule has 0 aliphatic rings. The van der Waals surface area contributed by atoms with Crippen LogP contribution in [-0.4, -0.2) is 26.2 Å². The van der Waals surface area contributed by atoms with E-state index in [4.69, 9.17) is 0 Å². The van der Waals surface area contributed by atoms with Gasteiger partial charge in [0.2, 0.25) is 0 Å². The van der Waals surface area contributed by atoms with Crippen LogP contribution < -0.4 is 5.32 Å². The monoisotopic (exact) mass is 315 g/mol. The minimum Gasteiger partial charge on any atom is -0.377 e. The average molecular weight is 316 g/mol. The van der Waals surface area contributed by atoms with Crippen LogP contribution in [0.15, 0.2) is 12.3 Å². The summed E-state index contributed by atoms with van der Waals surface area (Å²) in [6.07, 6.45) is 2.91. The number of hydrogen-bond donors (Lipinski definition) is 1. The van der Waals surface area contributed by atoms with Crippen LogP contribution >= 0.6 is 12.4 Å². The van der Waals surface area contributed by atoms with E-state index in [-0.39, 0.29) is 12.4 Å². The molecule has 118 valence electrons. The molecule has 0 aromatic carbocycles. The highest BCUT2D eigenvalue weighted by Crippen LogP contribution is 2.14. The van der Waals surface area contributed by atoms with E-state index in [1.165, 1.54) is 0 Å². The predicted molar refractivity (Wildman–Crippen MR) is 84.8 cm³/mol. The van der Waals surface area contributed by atoms with Gasteiger partial charge in [-0.05, 0) is 26.3 Å². The maximum absolute atomic E-state index is 12.3. The van der Waals surface area contributed by atoms with Crippen LogP contribution in [-0.2, 0) is 19.6 Å². The van der Waals surface area contributed by atoms with Gasteiger partial charge in [-0.2, -0.15) is 10.2 Å². The van der Waals surface area contributed by atoms with Gasteiger partial charge in [0, 0.05) is 12.7 Å². The Balaban J connectivity index is 0.00000220. The van der Waals surface area contributed by atoms with Gasteiger partial charge in [0.25, 0.3) is 0 Å². The number of alkyl halides is 1. The Morgan fingerprint density at radius 2 is 2.00 bits per heavy atom. The fourth-order valence-electron chi connectivity index (χ4n) is 2.23. The Morgan fingerprint density at radius 3 is 2.67 bits per heavy atom. The Labute approximate surface area is 130 Å². The van der Waals surface area contributed by atoms with Crippen molar-refractivity contribution < 1.29 is 4.39 Å². The molecule has 1 N–H and O–H groups in total. The van der Waals surface area contributed by atoms with Crippen molar-refractivity contribution in [3.05, 3.63) is 29.3 Å². The van der Waals surface area contributed by atoms with Crippen LogP contribution in [0.5, 0.6) is 0 Å². The van der Waals surface area contributed by atoms with Crippen molar-refractivity contribution in [2.45, 2.75) is 46.8 Å². The Kier molecular flexibility index (Phi) is 6.68. The van der Waals surface area contributed by atoms with E-state index in [9.17, 15) is 4.39 Å². The number of rotatable bonds is 7. The van der Waals surface area contributed by atoms with E-state index >= 15 is 0 Å². The highest BCUT2D eigenvalue weighted by Gasteiger charge is 2.08. The van der Waals surface area contributed by atoms with Gasteiger partial charge < -0.3 is 5.32 Å². The third kappa shape index (κ3) is 4.46. The van der Waals surface area contributed by atoms with Gasteiger partial charge in [0.1, 0.15) is 6.67 Å². The molecular weight excluding hydrogens is 293 g/mol. The van der Waals surface area contributed by atoms with Crippen molar-refractivity contribution in [2.24, 2.45) is 0 Å². The SMILES string of the molecule is CCCn1nc(C)cc1CNc1cn(CCF)nc1C.Cl. The molecule has 0 unspecified atom stereocenters. The van der Waals surface area contributed by atoms with E-state index < -0.39 is 6.67 Å². The number of anilines is 1. The van der Waals surface area contributed by atoms with Gasteiger partial charge >= 0.3 is 0 Å². The van der Waals surface area contributed by atoms with Gasteiger partial charge in [-0.15, -0.1) is 12.4 Å². The van der Waals surface area contributed by atoms with Crippen molar-refractivity contribution in [3.63, 3.8) is 0 Å². The summed E-state index contributed by atoms with van der Waals surface area (Å²) in [4.78, 5) is 0. The average Bonchev–Trinajstić information content (AvgIpc) is 2.91. The summed E-state index contributed by atoms with van der Waals surface area (Å²) in [7, 11) is 0. The first kappa shape index (κ1) is 17.5. The summed E-state index contributed by atoms with van der Waals surface area (Å²) in [5.41, 5.74) is 4.01. The number of aromatic nitrogens is 4. The lowest BCUT2D eigenvalue weighted by Crippen LogP contribution is -2.09. The zero-order valence-electron chi connectivity index (χ0n) is 12.8. The quantitative estimate of drug-likeness (QED) is 0.854. The van der Waals surface area contributed by atoms with Crippen molar-refractivity contribution in [1.82, 2.24) is 19.6 Å². The second-order valence-electron chi connectivity index (χ2n) is 4.93. The van der Waals surface area contributed by atoms with Gasteiger partial charge in [0.05, 0.1) is 35.9 Å². The first-order valence-corrected chi connectivity index (χ1v) is 7.01. The van der Waals surface area contributed by atoms with Crippen molar-refractivity contribution in [1.29, 1.82) is 0 Å². The summed E-state index contributed by atoms with van der Waals surface area (Å²) in [6, 6.07) is 2.09. The number of nitrogens with one attached hydrogen (secondary N) is 1. The fourth-order valence-corrected chi connectivity index (χ4v) is 2.23. The Bertz CT molecular complexity index is 564. The zero-order valence-corrected chi connectivity index (χ0v) is 13.6. The molecule has 0 fully saturated rings. The van der Waals surface area contributed by atoms with E-state index in [0.29, 0.717) is 13.1 Å². The van der Waals surface area contributed by atoms with E-state index in [1.807, 2.05) is 24.7 Å². The predicted octanol–water partition coefficient (Wildman–Crippen LogP) is 3.11. The molecule has 0 aliphatic carbocycles. The molecule has 0 radical (unpaired) electrons. The van der Waals surface area contributed by atoms with E-state index in [1.54, 1.807) is 4.68 Å². The van der Waals surface area contributed by atoms with Crippen molar-refractivity contribution in [3.8, 4) is 0 Å². The third-order valence-corrected chi connectivity index (χ3v) is 3.14. The van der Waals surface area contributed by atoms with E-state index in [2.05, 4.69) is 28.5 Å². The first-order chi connectivity index (χ1) is 9.63. The second kappa shape index (κ2) is 8.02. The zero-order chi connectivity index (χ0) is 14.5. The lowest BCUT2D eigenvalue weighted by molar-refractivity contribution is 0.426. The largest absolute Gasteiger partial charge is 0.377 e. The van der Waals surface area contributed by atoms with Gasteiger partial charge in [-0.1, -0.05) is 6.92 Å². The molecule has 2 heterocycles. The minimum absolute atomic E-state index is 0. The Morgan fingerprint density at radius 1 is 1.24 bits per heavy atom. The van der Waals surface area contributed by atoms with Crippen LogP contribution in [0.2, 0.25) is 0 Å². The van der Waals surface area contributed by atoms with Crippen LogP contribution in [0.25, 0.3) is 0 Å². The molecule has 0 saturated carbocycles. The molecule has 0 bridgehead atoms. The third-order valence-electron chi connectivity index (χ3n) is 3.14. The van der Waals surface area contributed by atoms with Gasteiger partial charge in [0.15, 0.2) is 0 Å². The molecule has 5 nitrogen and oxygen atoms in total. The van der Waals surface area contributed by atoms with Crippen LogP contribution in [0.4, 0.5) is 10.1 Å². The molecular formula is C14H23ClFN5. The number of nitrogens with zero attached hydrogens (tertiary/aromatic N) is 4. The highest BCUT2D eigenvalue weighted by atomic mass is 35.5. The molecule has 7 heteroatoms. The molecule has 21 heavy (non-hydrogen) atoms. The number of halogens is 2. The maximum atomic E-state index is 12.3. The lowest BCUT2D eigenvalue weighted by Gasteiger charge is -2.07. The molecule has 2 aromatic heterocycles. The molecule has 0 spiro atoms. The van der Waals surface area contributed by atoms with Gasteiger partial charge in [-0.3, -0.25) is 9.36 Å². The summed E-state index contributed by atoms with van der Waals surface area (Å²) < 4.78 is 16.0. The minimum atomic E-state index is -0.400. The smallest absolute Gasteiger partial charge is 0.109 e. The lowest BCUT2D eigenvalue weighted by atomic mass is 10.3. The standard InChI is InChI=1S/C14H22FN5.ClH/c1-4-6-20-13(8-11(2)17-20)9-16-14-10-19(7-5-15)18-12(14)3;/h8,10,16H,4-7,9H2,1-3H3;1H. The van der Waals surface area contributed by atoms with Crippen LogP contribution in [0.3, 0.4) is 0 Å². The number of aryl methyl sites for hydroxylation is 4. The molecule has 0 saturated heterocycles. The van der Waals surface area contributed by atoms with Gasteiger partial charge in [-0.25, -0.2) is 4.39 Å². The second-order valence-corrected chi connectivity index (χ2v) is 4.93. The molecule has 0 atom stereocenters. The molecule has 0 aliphatic heterocycles. The van der Waals surface area contributed by atoms with Crippen LogP contribution in [0.1, 0.15) is 30.4 Å². The maximum Gasteiger partial charge on any atom is 0.109 e. The topological polar surface area (TPSA) is 47.7 Å². The van der Waals surface area contributed by atoms with Crippen LogP contribution in [0, 0.1) is 13.8 Å². The van der Waals surface area contributed by atoms with E-state index in [0.717, 1.165) is 35.7 Å². The van der Waals surface area contributed by atoms with Crippen molar-refractivity contribution >= 4 is 18.1 Å². The molecule has 2 rings (SSSR count). The first-order valence-electron chi connectivity index (χ1n) is 7.01. The highest BCUT2D eigenvalue weighted by molar-refractivity contribution is 5.85. The summed E-state index contributed by atoms with van der Waals surface area (Å²) in [5.74, 6) is 0. The molecule has 2 aromatic rings.